The fourth-order valence-corrected chi connectivity index (χ4v) is 8.80. The van der Waals surface area contributed by atoms with Crippen LogP contribution < -0.4 is 11.1 Å². The summed E-state index contributed by atoms with van der Waals surface area (Å²) in [6, 6.07) is 4.17. The molecule has 0 saturated carbocycles. The smallest absolute Gasteiger partial charge is 0.263 e. The van der Waals surface area contributed by atoms with Crippen molar-refractivity contribution in [2.75, 3.05) is 0 Å². The number of fused-ring (bicyclic) bond motifs is 7. The van der Waals surface area contributed by atoms with Crippen LogP contribution in [0.15, 0.2) is 32.5 Å². The van der Waals surface area contributed by atoms with Gasteiger partial charge in [0, 0.05) is 15.9 Å². The van der Waals surface area contributed by atoms with Crippen LogP contribution in [0.4, 0.5) is 0 Å². The number of nitrogens with zero attached hydrogens (tertiary/aromatic N) is 1. The first-order valence-corrected chi connectivity index (χ1v) is 13.5. The summed E-state index contributed by atoms with van der Waals surface area (Å²) in [7, 11) is 0. The van der Waals surface area contributed by atoms with Gasteiger partial charge in [0.05, 0.1) is 29.6 Å². The van der Waals surface area contributed by atoms with E-state index in [-0.39, 0.29) is 11.1 Å². The van der Waals surface area contributed by atoms with Gasteiger partial charge < -0.3 is 0 Å². The molecule has 0 aromatic carbocycles. The fourth-order valence-electron chi connectivity index (χ4n) is 3.97. The second-order valence-electron chi connectivity index (χ2n) is 7.37. The van der Waals surface area contributed by atoms with E-state index in [1.54, 1.807) is 45.3 Å². The molecule has 0 radical (unpaired) electrons. The van der Waals surface area contributed by atoms with E-state index >= 15 is 0 Å². The molecule has 3 nitrogen and oxygen atoms in total. The normalized spacial score (nSPS) is 12.2. The summed E-state index contributed by atoms with van der Waals surface area (Å²) < 4.78 is 7.84. The highest BCUT2D eigenvalue weighted by atomic mass is 32.1. The molecule has 29 heavy (non-hydrogen) atoms. The van der Waals surface area contributed by atoms with Crippen molar-refractivity contribution in [3.05, 3.63) is 43.6 Å². The summed E-state index contributed by atoms with van der Waals surface area (Å²) in [5.41, 5.74) is -0.222. The average Bonchev–Trinajstić information content (AvgIpc) is 3.44. The highest BCUT2D eigenvalue weighted by Crippen LogP contribution is 2.43. The second kappa shape index (κ2) is 7.95. The Bertz CT molecular complexity index is 1340. The predicted octanol–water partition coefficient (Wildman–Crippen LogP) is 7.43. The van der Waals surface area contributed by atoms with Crippen molar-refractivity contribution >= 4 is 84.3 Å². The topological polar surface area (TPSA) is 39.1 Å². The number of hydrogen-bond acceptors (Lipinski definition) is 6. The third-order valence-corrected chi connectivity index (χ3v) is 10.0. The maximum Gasteiger partial charge on any atom is 0.263 e. The Morgan fingerprint density at radius 1 is 0.724 bits per heavy atom. The van der Waals surface area contributed by atoms with E-state index in [0.717, 1.165) is 51.8 Å². The maximum absolute atomic E-state index is 13.6. The lowest BCUT2D eigenvalue weighted by molar-refractivity contribution is 0.546. The molecule has 0 unspecified atom stereocenters. The minimum atomic E-state index is -0.111. The Hall–Kier alpha value is -1.54. The Morgan fingerprint density at radius 2 is 1.24 bits per heavy atom. The van der Waals surface area contributed by atoms with Crippen molar-refractivity contribution in [3.8, 4) is 0 Å². The molecule has 150 valence electrons. The van der Waals surface area contributed by atoms with Gasteiger partial charge >= 0.3 is 0 Å². The van der Waals surface area contributed by atoms with Crippen molar-refractivity contribution in [3.63, 3.8) is 0 Å². The average molecular weight is 460 g/mol. The molecule has 0 aliphatic heterocycles. The van der Waals surface area contributed by atoms with Crippen molar-refractivity contribution in [1.29, 1.82) is 0 Å². The van der Waals surface area contributed by atoms with Gasteiger partial charge in [-0.15, -0.1) is 45.3 Å². The zero-order chi connectivity index (χ0) is 20.0. The van der Waals surface area contributed by atoms with Crippen LogP contribution in [-0.4, -0.2) is 4.57 Å². The molecular formula is C22H21NO2S4. The zero-order valence-corrected chi connectivity index (χ0v) is 19.4. The molecule has 0 N–H and O–H groups in total. The monoisotopic (exact) mass is 459 g/mol. The van der Waals surface area contributed by atoms with E-state index < -0.39 is 0 Å². The van der Waals surface area contributed by atoms with Crippen LogP contribution in [0.25, 0.3) is 39.0 Å². The SMILES string of the molecule is CCCCCCCCn1c(=O)c2c3sccc3sc2c2sc3ccsc3c2c1=O. The van der Waals surface area contributed by atoms with Gasteiger partial charge in [0.1, 0.15) is 0 Å². The lowest BCUT2D eigenvalue weighted by Gasteiger charge is -2.03. The first-order valence-electron chi connectivity index (χ1n) is 10.1. The molecule has 0 atom stereocenters. The molecular weight excluding hydrogens is 439 g/mol. The van der Waals surface area contributed by atoms with Gasteiger partial charge in [-0.05, 0) is 29.3 Å². The van der Waals surface area contributed by atoms with E-state index in [9.17, 15) is 9.59 Å². The van der Waals surface area contributed by atoms with Gasteiger partial charge in [0.25, 0.3) is 11.1 Å². The molecule has 0 aliphatic rings. The highest BCUT2D eigenvalue weighted by Gasteiger charge is 2.20. The van der Waals surface area contributed by atoms with Crippen LogP contribution in [0.5, 0.6) is 0 Å². The zero-order valence-electron chi connectivity index (χ0n) is 16.2. The summed E-state index contributed by atoms with van der Waals surface area (Å²) >= 11 is 6.51. The van der Waals surface area contributed by atoms with Crippen LogP contribution in [0.1, 0.15) is 45.4 Å². The lowest BCUT2D eigenvalue weighted by Crippen LogP contribution is -2.30. The molecule has 0 fully saturated rings. The van der Waals surface area contributed by atoms with Crippen LogP contribution in [0.2, 0.25) is 0 Å². The Labute approximate surface area is 183 Å². The molecule has 0 spiro atoms. The van der Waals surface area contributed by atoms with Gasteiger partial charge in [-0.2, -0.15) is 0 Å². The van der Waals surface area contributed by atoms with Gasteiger partial charge in [-0.25, -0.2) is 0 Å². The van der Waals surface area contributed by atoms with Crippen molar-refractivity contribution < 1.29 is 0 Å². The molecule has 0 aliphatic carbocycles. The van der Waals surface area contributed by atoms with Crippen LogP contribution in [-0.2, 0) is 6.54 Å². The number of thiophene rings is 4. The summed E-state index contributed by atoms with van der Waals surface area (Å²) in [5.74, 6) is 0. The predicted molar refractivity (Wildman–Crippen MR) is 132 cm³/mol. The lowest BCUT2D eigenvalue weighted by atomic mass is 10.1. The van der Waals surface area contributed by atoms with E-state index in [1.807, 2.05) is 10.8 Å². The third-order valence-electron chi connectivity index (χ3n) is 5.45. The number of hydrogen-bond donors (Lipinski definition) is 0. The maximum atomic E-state index is 13.6. The number of unbranched alkanes of at least 4 members (excludes halogenated alkanes) is 5. The molecule has 5 aromatic rings. The summed E-state index contributed by atoms with van der Waals surface area (Å²) in [6.45, 7) is 2.72. The Balaban J connectivity index is 1.74. The summed E-state index contributed by atoms with van der Waals surface area (Å²) in [6.07, 6.45) is 6.81. The number of rotatable bonds is 7. The van der Waals surface area contributed by atoms with Crippen molar-refractivity contribution in [2.24, 2.45) is 0 Å². The van der Waals surface area contributed by atoms with E-state index in [0.29, 0.717) is 6.54 Å². The Morgan fingerprint density at radius 3 is 1.79 bits per heavy atom. The van der Waals surface area contributed by atoms with Crippen LogP contribution in [0.3, 0.4) is 0 Å². The van der Waals surface area contributed by atoms with Crippen LogP contribution in [0, 0.1) is 0 Å². The first-order chi connectivity index (χ1) is 14.2. The van der Waals surface area contributed by atoms with Gasteiger partial charge in [-0.3, -0.25) is 14.2 Å². The summed E-state index contributed by atoms with van der Waals surface area (Å²) in [5, 5.41) is 5.56. The minimum Gasteiger partial charge on any atom is -0.274 e. The molecule has 5 aromatic heterocycles. The second-order valence-corrected chi connectivity index (χ2v) is 11.3. The van der Waals surface area contributed by atoms with E-state index in [2.05, 4.69) is 19.1 Å². The van der Waals surface area contributed by atoms with E-state index in [1.165, 1.54) is 30.3 Å². The number of aromatic nitrogens is 1. The quantitative estimate of drug-likeness (QED) is 0.237. The molecule has 5 heterocycles. The molecule has 0 saturated heterocycles. The van der Waals surface area contributed by atoms with Crippen molar-refractivity contribution in [1.82, 2.24) is 4.57 Å². The molecule has 5 rings (SSSR count). The standard InChI is InChI=1S/C22H21NO2S4/c1-2-3-4-5-6-7-10-23-21(24)15-17-13(8-11-26-17)28-19(15)20-16(22(23)25)18-14(29-20)9-12-27-18/h8-9,11-12H,2-7,10H2,1H3. The van der Waals surface area contributed by atoms with E-state index in [4.69, 9.17) is 0 Å². The van der Waals surface area contributed by atoms with Gasteiger partial charge in [0.2, 0.25) is 0 Å². The minimum absolute atomic E-state index is 0.111. The summed E-state index contributed by atoms with van der Waals surface area (Å²) in [4.78, 5) is 27.1. The first kappa shape index (κ1) is 19.4. The molecule has 7 heteroatoms. The van der Waals surface area contributed by atoms with Gasteiger partial charge in [0.15, 0.2) is 0 Å². The Kier molecular flexibility index (Phi) is 5.32. The third kappa shape index (κ3) is 3.19. The van der Waals surface area contributed by atoms with Crippen molar-refractivity contribution in [2.45, 2.75) is 52.0 Å². The largest absolute Gasteiger partial charge is 0.274 e. The molecule has 0 amide bonds. The fraction of sp³-hybridized carbons (Fsp3) is 0.364. The van der Waals surface area contributed by atoms with Gasteiger partial charge in [-0.1, -0.05) is 39.0 Å². The molecule has 0 bridgehead atoms. The highest BCUT2D eigenvalue weighted by molar-refractivity contribution is 7.38. The van der Waals surface area contributed by atoms with Crippen LogP contribution >= 0.6 is 45.3 Å².